The summed E-state index contributed by atoms with van der Waals surface area (Å²) in [5.74, 6) is 0.561. The van der Waals surface area contributed by atoms with Gasteiger partial charge >= 0.3 is 0 Å². The van der Waals surface area contributed by atoms with Crippen molar-refractivity contribution in [2.45, 2.75) is 0 Å². The molecule has 1 aromatic rings. The second kappa shape index (κ2) is 6.70. The molecule has 0 radical (unpaired) electrons. The Kier molecular flexibility index (Phi) is 4.95. The van der Waals surface area contributed by atoms with Gasteiger partial charge in [0.05, 0.1) is 4.92 Å². The van der Waals surface area contributed by atoms with Crippen molar-refractivity contribution in [1.82, 2.24) is 10.2 Å². The van der Waals surface area contributed by atoms with E-state index in [0.29, 0.717) is 12.4 Å². The highest BCUT2D eigenvalue weighted by molar-refractivity contribution is 6.32. The topological polar surface area (TPSA) is 67.6 Å². The lowest BCUT2D eigenvalue weighted by molar-refractivity contribution is -0.384. The van der Waals surface area contributed by atoms with E-state index in [-0.39, 0.29) is 10.7 Å². The lowest BCUT2D eigenvalue weighted by atomic mass is 10.3. The van der Waals surface area contributed by atoms with E-state index in [1.165, 1.54) is 12.1 Å². The maximum Gasteiger partial charge on any atom is 0.288 e. The first-order chi connectivity index (χ1) is 9.16. The number of halogens is 1. The highest BCUT2D eigenvalue weighted by Crippen LogP contribution is 2.28. The predicted molar refractivity (Wildman–Crippen MR) is 72.9 cm³/mol. The van der Waals surface area contributed by atoms with Crippen molar-refractivity contribution >= 4 is 17.3 Å². The minimum absolute atomic E-state index is 0.101. The quantitative estimate of drug-likeness (QED) is 0.656. The molecule has 0 aliphatic carbocycles. The van der Waals surface area contributed by atoms with Crippen LogP contribution in [0, 0.1) is 10.1 Å². The zero-order valence-electron chi connectivity index (χ0n) is 10.5. The van der Waals surface area contributed by atoms with Gasteiger partial charge < -0.3 is 10.1 Å². The lowest BCUT2D eigenvalue weighted by Crippen LogP contribution is -2.44. The van der Waals surface area contributed by atoms with Crippen LogP contribution in [0.25, 0.3) is 0 Å². The maximum absolute atomic E-state index is 10.6. The summed E-state index contributed by atoms with van der Waals surface area (Å²) in [7, 11) is 0. The molecule has 6 nitrogen and oxygen atoms in total. The molecule has 0 saturated carbocycles. The van der Waals surface area contributed by atoms with E-state index in [0.717, 1.165) is 32.7 Å². The number of nitrogens with one attached hydrogen (secondary N) is 1. The van der Waals surface area contributed by atoms with Crippen LogP contribution in [0.15, 0.2) is 18.2 Å². The summed E-state index contributed by atoms with van der Waals surface area (Å²) in [6.07, 6.45) is 0. The average Bonchev–Trinajstić information content (AvgIpc) is 2.39. The molecule has 19 heavy (non-hydrogen) atoms. The summed E-state index contributed by atoms with van der Waals surface area (Å²) < 4.78 is 5.56. The first-order valence-corrected chi connectivity index (χ1v) is 6.54. The molecule has 7 heteroatoms. The summed E-state index contributed by atoms with van der Waals surface area (Å²) in [6.45, 7) is 5.44. The molecular weight excluding hydrogens is 270 g/mol. The number of rotatable bonds is 5. The van der Waals surface area contributed by atoms with Gasteiger partial charge in [0, 0.05) is 44.9 Å². The molecule has 1 aliphatic heterocycles. The molecule has 0 spiro atoms. The summed E-state index contributed by atoms with van der Waals surface area (Å²) in [5.41, 5.74) is -0.101. The Morgan fingerprint density at radius 1 is 1.42 bits per heavy atom. The van der Waals surface area contributed by atoms with Crippen molar-refractivity contribution in [1.29, 1.82) is 0 Å². The molecule has 0 amide bonds. The van der Waals surface area contributed by atoms with Crippen LogP contribution in [0.3, 0.4) is 0 Å². The summed E-state index contributed by atoms with van der Waals surface area (Å²) in [6, 6.07) is 4.42. The van der Waals surface area contributed by atoms with Crippen molar-refractivity contribution in [3.8, 4) is 5.75 Å². The third kappa shape index (κ3) is 4.05. The van der Waals surface area contributed by atoms with Crippen molar-refractivity contribution < 1.29 is 9.66 Å². The van der Waals surface area contributed by atoms with E-state index < -0.39 is 4.92 Å². The minimum atomic E-state index is -0.507. The number of ether oxygens (including phenoxy) is 1. The molecule has 0 aromatic heterocycles. The maximum atomic E-state index is 10.6. The summed E-state index contributed by atoms with van der Waals surface area (Å²) >= 11 is 5.81. The van der Waals surface area contributed by atoms with E-state index in [9.17, 15) is 10.1 Å². The Labute approximate surface area is 116 Å². The zero-order valence-corrected chi connectivity index (χ0v) is 11.2. The van der Waals surface area contributed by atoms with Gasteiger partial charge in [-0.3, -0.25) is 15.0 Å². The van der Waals surface area contributed by atoms with Crippen LogP contribution in [0.5, 0.6) is 5.75 Å². The van der Waals surface area contributed by atoms with Crippen LogP contribution in [-0.4, -0.2) is 49.2 Å². The fraction of sp³-hybridized carbons (Fsp3) is 0.500. The Morgan fingerprint density at radius 2 is 2.16 bits per heavy atom. The van der Waals surface area contributed by atoms with Gasteiger partial charge in [-0.25, -0.2) is 0 Å². The Bertz CT molecular complexity index is 450. The average molecular weight is 286 g/mol. The minimum Gasteiger partial charge on any atom is -0.492 e. The number of nitro benzene ring substituents is 1. The molecule has 1 heterocycles. The SMILES string of the molecule is O=[N+]([O-])c1ccc(OCCN2CCNCC2)cc1Cl. The van der Waals surface area contributed by atoms with E-state index in [1.54, 1.807) is 6.07 Å². The van der Waals surface area contributed by atoms with Gasteiger partial charge in [-0.2, -0.15) is 0 Å². The predicted octanol–water partition coefficient (Wildman–Crippen LogP) is 1.53. The molecule has 2 rings (SSSR count). The third-order valence-corrected chi connectivity index (χ3v) is 3.30. The molecule has 1 fully saturated rings. The van der Waals surface area contributed by atoms with Crippen LogP contribution in [0.4, 0.5) is 5.69 Å². The molecule has 1 aliphatic rings. The number of piperazine rings is 1. The highest BCUT2D eigenvalue weighted by atomic mass is 35.5. The normalized spacial score (nSPS) is 16.3. The van der Waals surface area contributed by atoms with Crippen molar-refractivity contribution in [2.24, 2.45) is 0 Å². The van der Waals surface area contributed by atoms with Gasteiger partial charge in [-0.15, -0.1) is 0 Å². The van der Waals surface area contributed by atoms with Gasteiger partial charge in [0.25, 0.3) is 5.69 Å². The van der Waals surface area contributed by atoms with Crippen LogP contribution in [0.1, 0.15) is 0 Å². The molecule has 0 atom stereocenters. The van der Waals surface area contributed by atoms with Crippen molar-refractivity contribution in [2.75, 3.05) is 39.3 Å². The van der Waals surface area contributed by atoms with Gasteiger partial charge in [0.15, 0.2) is 0 Å². The fourth-order valence-corrected chi connectivity index (χ4v) is 2.19. The second-order valence-electron chi connectivity index (χ2n) is 4.31. The van der Waals surface area contributed by atoms with Crippen LogP contribution >= 0.6 is 11.6 Å². The number of hydrogen-bond donors (Lipinski definition) is 1. The van der Waals surface area contributed by atoms with Gasteiger partial charge in [-0.1, -0.05) is 11.6 Å². The zero-order chi connectivity index (χ0) is 13.7. The van der Waals surface area contributed by atoms with E-state index >= 15 is 0 Å². The molecule has 0 unspecified atom stereocenters. The second-order valence-corrected chi connectivity index (χ2v) is 4.72. The van der Waals surface area contributed by atoms with E-state index in [4.69, 9.17) is 16.3 Å². The van der Waals surface area contributed by atoms with Crippen LogP contribution < -0.4 is 10.1 Å². The molecule has 1 N–H and O–H groups in total. The lowest BCUT2D eigenvalue weighted by Gasteiger charge is -2.26. The number of nitrogens with zero attached hydrogens (tertiary/aromatic N) is 2. The van der Waals surface area contributed by atoms with Crippen LogP contribution in [-0.2, 0) is 0 Å². The standard InChI is InChI=1S/C12H16ClN3O3/c13-11-9-10(1-2-12(11)16(17)18)19-8-7-15-5-3-14-4-6-15/h1-2,9,14H,3-8H2. The van der Waals surface area contributed by atoms with Gasteiger partial charge in [0.1, 0.15) is 17.4 Å². The number of benzene rings is 1. The van der Waals surface area contributed by atoms with E-state index in [2.05, 4.69) is 10.2 Å². The third-order valence-electron chi connectivity index (χ3n) is 3.00. The Balaban J connectivity index is 1.82. The first kappa shape index (κ1) is 14.0. The Hall–Kier alpha value is -1.37. The fourth-order valence-electron chi connectivity index (χ4n) is 1.95. The molecule has 1 aromatic carbocycles. The summed E-state index contributed by atoms with van der Waals surface area (Å²) in [4.78, 5) is 12.4. The highest BCUT2D eigenvalue weighted by Gasteiger charge is 2.13. The van der Waals surface area contributed by atoms with Crippen LogP contribution in [0.2, 0.25) is 5.02 Å². The van der Waals surface area contributed by atoms with Gasteiger partial charge in [-0.05, 0) is 6.07 Å². The molecule has 1 saturated heterocycles. The Morgan fingerprint density at radius 3 is 2.79 bits per heavy atom. The molecular formula is C12H16ClN3O3. The number of nitro groups is 1. The number of hydrogen-bond acceptors (Lipinski definition) is 5. The van der Waals surface area contributed by atoms with Gasteiger partial charge in [0.2, 0.25) is 0 Å². The summed E-state index contributed by atoms with van der Waals surface area (Å²) in [5, 5.41) is 14.0. The molecule has 104 valence electrons. The van der Waals surface area contributed by atoms with Crippen molar-refractivity contribution in [3.05, 3.63) is 33.3 Å². The van der Waals surface area contributed by atoms with Crippen molar-refractivity contribution in [3.63, 3.8) is 0 Å². The van der Waals surface area contributed by atoms with E-state index in [1.807, 2.05) is 0 Å². The molecule has 0 bridgehead atoms. The smallest absolute Gasteiger partial charge is 0.288 e. The largest absolute Gasteiger partial charge is 0.492 e. The monoisotopic (exact) mass is 285 g/mol. The first-order valence-electron chi connectivity index (χ1n) is 6.16.